The first kappa shape index (κ1) is 32.9. The highest BCUT2D eigenvalue weighted by molar-refractivity contribution is 6.36. The molecule has 1 heterocycles. The summed E-state index contributed by atoms with van der Waals surface area (Å²) in [5, 5.41) is 11.0. The average molecular weight is 587 g/mol. The smallest absolute Gasteiger partial charge is 0.184 e. The highest BCUT2D eigenvalue weighted by Crippen LogP contribution is 2.67. The fraction of sp³-hybridized carbons (Fsp3) is 0.553. The van der Waals surface area contributed by atoms with Gasteiger partial charge < -0.3 is 9.84 Å². The van der Waals surface area contributed by atoms with Gasteiger partial charge in [0.1, 0.15) is 11.9 Å². The largest absolute Gasteiger partial charge is 0.490 e. The third-order valence-electron chi connectivity index (χ3n) is 10.2. The molecule has 43 heavy (non-hydrogen) atoms. The minimum Gasteiger partial charge on any atom is -0.490 e. The van der Waals surface area contributed by atoms with Gasteiger partial charge in [-0.15, -0.1) is 0 Å². The predicted molar refractivity (Wildman–Crippen MR) is 171 cm³/mol. The van der Waals surface area contributed by atoms with E-state index < -0.39 is 39.5 Å². The molecule has 4 rings (SSSR count). The van der Waals surface area contributed by atoms with E-state index in [4.69, 9.17) is 4.74 Å². The molecule has 1 aromatic rings. The Morgan fingerprint density at radius 1 is 1.00 bits per heavy atom. The standard InChI is InChI=1S/C38H50O5/c1-24(2)14-13-15-26(5)20-21-37-23-28(19-18-25(3)4)35(6,7)38(34(37)41,31(39)27-16-11-10-12-17-27)32(40)29-22-30(36(8,9)42)43-33(29)37/h10-12,14,16-18,20,28,30,42H,13,15,19,21-23H2,1-9H3/b26-20+/t28-,30?,37-,38+/m1/s1. The summed E-state index contributed by atoms with van der Waals surface area (Å²) in [6.07, 6.45) is 9.19. The Labute approximate surface area is 258 Å². The summed E-state index contributed by atoms with van der Waals surface area (Å²) < 4.78 is 6.50. The van der Waals surface area contributed by atoms with E-state index in [1.54, 1.807) is 38.1 Å². The molecular formula is C38H50O5. The molecule has 0 aromatic heterocycles. The van der Waals surface area contributed by atoms with Crippen LogP contribution in [0.1, 0.15) is 111 Å². The summed E-state index contributed by atoms with van der Waals surface area (Å²) in [7, 11) is 0. The van der Waals surface area contributed by atoms with E-state index in [2.05, 4.69) is 39.0 Å². The summed E-state index contributed by atoms with van der Waals surface area (Å²) in [5.41, 5.74) is -0.937. The zero-order valence-corrected chi connectivity index (χ0v) is 27.6. The Bertz CT molecular complexity index is 1410. The maximum absolute atomic E-state index is 15.3. The van der Waals surface area contributed by atoms with E-state index in [0.29, 0.717) is 36.2 Å². The molecule has 2 aliphatic carbocycles. The fourth-order valence-electron chi connectivity index (χ4n) is 7.44. The number of hydrogen-bond donors (Lipinski definition) is 1. The number of aliphatic hydroxyl groups is 1. The second kappa shape index (κ2) is 11.8. The number of rotatable bonds is 10. The number of fused-ring (bicyclic) bond motifs is 3. The van der Waals surface area contributed by atoms with Crippen LogP contribution in [-0.4, -0.2) is 34.2 Å². The maximum Gasteiger partial charge on any atom is 0.184 e. The van der Waals surface area contributed by atoms with Gasteiger partial charge in [-0.05, 0) is 91.9 Å². The third-order valence-corrected chi connectivity index (χ3v) is 10.2. The SMILES string of the molecule is CC(C)=CCC/C(C)=C/C[C@@]12C[C@@H](CC=C(C)C)C(C)(C)[C@@](C(=O)c3ccccc3)(C(=O)C3=C1OC(C(C)(C)O)C3)C2=O. The molecule has 1 fully saturated rings. The lowest BCUT2D eigenvalue weighted by Crippen LogP contribution is -2.69. The van der Waals surface area contributed by atoms with Gasteiger partial charge in [-0.1, -0.05) is 79.1 Å². The fourth-order valence-corrected chi connectivity index (χ4v) is 7.44. The number of Topliss-reactive ketones (excluding diaryl/α,β-unsaturated/α-hetero) is 3. The first-order valence-electron chi connectivity index (χ1n) is 15.7. The first-order chi connectivity index (χ1) is 20.0. The van der Waals surface area contributed by atoms with E-state index in [9.17, 15) is 14.7 Å². The molecule has 3 aliphatic rings. The molecule has 5 nitrogen and oxygen atoms in total. The molecule has 5 heteroatoms. The second-order valence-corrected chi connectivity index (χ2v) is 14.7. The molecule has 4 atom stereocenters. The van der Waals surface area contributed by atoms with E-state index in [1.165, 1.54) is 5.57 Å². The lowest BCUT2D eigenvalue weighted by Gasteiger charge is -2.59. The molecule has 0 radical (unpaired) electrons. The molecule has 232 valence electrons. The van der Waals surface area contributed by atoms with Crippen LogP contribution in [0.4, 0.5) is 0 Å². The van der Waals surface area contributed by atoms with E-state index in [0.717, 1.165) is 24.0 Å². The van der Waals surface area contributed by atoms with Crippen molar-refractivity contribution in [3.63, 3.8) is 0 Å². The van der Waals surface area contributed by atoms with Crippen molar-refractivity contribution < 1.29 is 24.2 Å². The highest BCUT2D eigenvalue weighted by Gasteiger charge is 2.76. The Kier molecular flexibility index (Phi) is 9.02. The number of ketones is 3. The Balaban J connectivity index is 1.98. The molecular weight excluding hydrogens is 536 g/mol. The van der Waals surface area contributed by atoms with Gasteiger partial charge >= 0.3 is 0 Å². The number of allylic oxidation sites excluding steroid dienone is 7. The van der Waals surface area contributed by atoms with Crippen LogP contribution in [0, 0.1) is 22.2 Å². The van der Waals surface area contributed by atoms with Crippen molar-refractivity contribution in [3.05, 3.63) is 82.2 Å². The van der Waals surface area contributed by atoms with Crippen LogP contribution in [-0.2, 0) is 14.3 Å². The topological polar surface area (TPSA) is 80.7 Å². The third kappa shape index (κ3) is 5.54. The van der Waals surface area contributed by atoms with Gasteiger partial charge in [0.2, 0.25) is 0 Å². The summed E-state index contributed by atoms with van der Waals surface area (Å²) in [5.74, 6) is -0.977. The second-order valence-electron chi connectivity index (χ2n) is 14.7. The van der Waals surface area contributed by atoms with Gasteiger partial charge in [-0.25, -0.2) is 0 Å². The number of ether oxygens (including phenoxy) is 1. The molecule has 1 N–H and O–H groups in total. The minimum absolute atomic E-state index is 0.144. The number of hydrogen-bond acceptors (Lipinski definition) is 5. The minimum atomic E-state index is -1.90. The first-order valence-corrected chi connectivity index (χ1v) is 15.7. The molecule has 1 aliphatic heterocycles. The average Bonchev–Trinajstić information content (AvgIpc) is 3.39. The molecule has 0 amide bonds. The van der Waals surface area contributed by atoms with Crippen LogP contribution < -0.4 is 0 Å². The number of benzene rings is 1. The van der Waals surface area contributed by atoms with Gasteiger partial charge in [0.15, 0.2) is 22.8 Å². The highest BCUT2D eigenvalue weighted by atomic mass is 16.5. The molecule has 2 bridgehead atoms. The van der Waals surface area contributed by atoms with Crippen LogP contribution in [0.2, 0.25) is 0 Å². The van der Waals surface area contributed by atoms with Gasteiger partial charge in [0.25, 0.3) is 0 Å². The predicted octanol–water partition coefficient (Wildman–Crippen LogP) is 8.29. The number of carbonyl (C=O) groups excluding carboxylic acids is 3. The van der Waals surface area contributed by atoms with Gasteiger partial charge in [-0.3, -0.25) is 14.4 Å². The Morgan fingerprint density at radius 3 is 2.21 bits per heavy atom. The van der Waals surface area contributed by atoms with Crippen molar-refractivity contribution in [1.82, 2.24) is 0 Å². The molecule has 1 saturated carbocycles. The quantitative estimate of drug-likeness (QED) is 0.169. The van der Waals surface area contributed by atoms with Crippen LogP contribution in [0.3, 0.4) is 0 Å². The van der Waals surface area contributed by atoms with Crippen LogP contribution >= 0.6 is 0 Å². The zero-order valence-electron chi connectivity index (χ0n) is 27.6. The number of carbonyl (C=O) groups is 3. The van der Waals surface area contributed by atoms with E-state index >= 15 is 4.79 Å². The van der Waals surface area contributed by atoms with Crippen molar-refractivity contribution >= 4 is 17.3 Å². The summed E-state index contributed by atoms with van der Waals surface area (Å²) >= 11 is 0. The van der Waals surface area contributed by atoms with Crippen LogP contribution in [0.5, 0.6) is 0 Å². The van der Waals surface area contributed by atoms with Crippen molar-refractivity contribution in [2.45, 2.75) is 113 Å². The monoisotopic (exact) mass is 586 g/mol. The van der Waals surface area contributed by atoms with Gasteiger partial charge in [0, 0.05) is 17.6 Å². The van der Waals surface area contributed by atoms with Crippen LogP contribution in [0.15, 0.2) is 76.6 Å². The Hall–Kier alpha value is -3.05. The molecule has 0 spiro atoms. The Morgan fingerprint density at radius 2 is 1.63 bits per heavy atom. The molecule has 0 saturated heterocycles. The van der Waals surface area contributed by atoms with Gasteiger partial charge in [-0.2, -0.15) is 0 Å². The van der Waals surface area contributed by atoms with Gasteiger partial charge in [0.05, 0.1) is 11.0 Å². The normalized spacial score (nSPS) is 28.3. The zero-order chi connectivity index (χ0) is 32.0. The summed E-state index contributed by atoms with van der Waals surface area (Å²) in [4.78, 5) is 45.1. The van der Waals surface area contributed by atoms with Crippen molar-refractivity contribution in [2.24, 2.45) is 22.2 Å². The van der Waals surface area contributed by atoms with Crippen molar-refractivity contribution in [1.29, 1.82) is 0 Å². The van der Waals surface area contributed by atoms with Crippen molar-refractivity contribution in [3.8, 4) is 0 Å². The molecule has 1 aromatic carbocycles. The summed E-state index contributed by atoms with van der Waals surface area (Å²) in [6, 6.07) is 8.79. The van der Waals surface area contributed by atoms with E-state index in [-0.39, 0.29) is 18.1 Å². The van der Waals surface area contributed by atoms with Crippen LogP contribution in [0.25, 0.3) is 0 Å². The molecule has 1 unspecified atom stereocenters. The lowest BCUT2D eigenvalue weighted by atomic mass is 9.39. The summed E-state index contributed by atoms with van der Waals surface area (Å²) in [6.45, 7) is 17.5. The van der Waals surface area contributed by atoms with Crippen molar-refractivity contribution in [2.75, 3.05) is 0 Å². The van der Waals surface area contributed by atoms with E-state index in [1.807, 2.05) is 33.8 Å². The maximum atomic E-state index is 15.3. The lowest BCUT2D eigenvalue weighted by molar-refractivity contribution is -0.166.